The second kappa shape index (κ2) is 8.53. The average molecular weight is 395 g/mol. The zero-order valence-corrected chi connectivity index (χ0v) is 17.0. The fourth-order valence-electron chi connectivity index (χ4n) is 2.65. The number of aryl methyl sites for hydroxylation is 3. The second-order valence-electron chi connectivity index (χ2n) is 6.42. The van der Waals surface area contributed by atoms with E-state index in [1.165, 1.54) is 25.7 Å². The van der Waals surface area contributed by atoms with Gasteiger partial charge in [0.05, 0.1) is 12.6 Å². The lowest BCUT2D eigenvalue weighted by Crippen LogP contribution is -2.46. The van der Waals surface area contributed by atoms with Gasteiger partial charge in [-0.15, -0.1) is 0 Å². The number of likely N-dealkylation sites (N-methyl/N-ethyl adjacent to an activating group) is 1. The van der Waals surface area contributed by atoms with Crippen LogP contribution in [-0.2, 0) is 14.8 Å². The smallest absolute Gasteiger partial charge is 0.246 e. The summed E-state index contributed by atoms with van der Waals surface area (Å²) in [6.07, 6.45) is 0. The van der Waals surface area contributed by atoms with E-state index in [0.29, 0.717) is 13.2 Å². The number of amides is 1. The molecule has 0 spiro atoms. The van der Waals surface area contributed by atoms with Crippen LogP contribution in [0.25, 0.3) is 0 Å². The number of aromatic nitrogens is 1. The normalized spacial score (nSPS) is 12.6. The number of sulfonamides is 1. The van der Waals surface area contributed by atoms with Crippen molar-refractivity contribution >= 4 is 15.9 Å². The van der Waals surface area contributed by atoms with Gasteiger partial charge in [0.1, 0.15) is 22.9 Å². The predicted octanol–water partition coefficient (Wildman–Crippen LogP) is 1.80. The van der Waals surface area contributed by atoms with Crippen molar-refractivity contribution in [2.45, 2.75) is 38.6 Å². The van der Waals surface area contributed by atoms with Gasteiger partial charge in [-0.25, -0.2) is 8.42 Å². The van der Waals surface area contributed by atoms with E-state index in [1.807, 2.05) is 31.2 Å². The Kier molecular flexibility index (Phi) is 6.61. The number of nitrogens with zero attached hydrogens (tertiary/aromatic N) is 2. The summed E-state index contributed by atoms with van der Waals surface area (Å²) in [5.41, 5.74) is 1.33. The molecule has 8 nitrogen and oxygen atoms in total. The first-order chi connectivity index (χ1) is 12.6. The molecule has 0 bridgehead atoms. The van der Waals surface area contributed by atoms with Crippen LogP contribution in [0.3, 0.4) is 0 Å². The fraction of sp³-hybridized carbons (Fsp3) is 0.444. The van der Waals surface area contributed by atoms with Crippen LogP contribution in [0.1, 0.15) is 23.9 Å². The molecule has 1 amide bonds. The lowest BCUT2D eigenvalue weighted by molar-refractivity contribution is -0.131. The van der Waals surface area contributed by atoms with Gasteiger partial charge in [-0.3, -0.25) is 4.79 Å². The third-order valence-corrected chi connectivity index (χ3v) is 5.78. The molecule has 0 saturated heterocycles. The molecule has 0 unspecified atom stereocenters. The highest BCUT2D eigenvalue weighted by Crippen LogP contribution is 2.19. The van der Waals surface area contributed by atoms with Gasteiger partial charge in [0.15, 0.2) is 5.76 Å². The Morgan fingerprint density at radius 2 is 2.04 bits per heavy atom. The highest BCUT2D eigenvalue weighted by molar-refractivity contribution is 7.89. The number of carbonyl (C=O) groups excluding carboxylic acids is 1. The van der Waals surface area contributed by atoms with Gasteiger partial charge in [-0.1, -0.05) is 17.3 Å². The predicted molar refractivity (Wildman–Crippen MR) is 100 cm³/mol. The molecule has 1 heterocycles. The molecule has 1 aromatic carbocycles. The minimum absolute atomic E-state index is 0.0346. The highest BCUT2D eigenvalue weighted by atomic mass is 32.2. The van der Waals surface area contributed by atoms with Crippen molar-refractivity contribution in [2.75, 3.05) is 20.2 Å². The van der Waals surface area contributed by atoms with E-state index in [4.69, 9.17) is 9.26 Å². The van der Waals surface area contributed by atoms with Gasteiger partial charge in [0, 0.05) is 7.05 Å². The summed E-state index contributed by atoms with van der Waals surface area (Å²) in [5.74, 6) is 0.542. The molecule has 0 saturated carbocycles. The molecule has 0 fully saturated rings. The van der Waals surface area contributed by atoms with Gasteiger partial charge in [0.2, 0.25) is 15.9 Å². The lowest BCUT2D eigenvalue weighted by atomic mass is 10.2. The van der Waals surface area contributed by atoms with E-state index in [0.717, 1.165) is 11.3 Å². The molecule has 0 aliphatic carbocycles. The average Bonchev–Trinajstić information content (AvgIpc) is 2.93. The van der Waals surface area contributed by atoms with Gasteiger partial charge in [-0.2, -0.15) is 4.72 Å². The quantitative estimate of drug-likeness (QED) is 0.731. The summed E-state index contributed by atoms with van der Waals surface area (Å²) >= 11 is 0. The molecule has 2 rings (SSSR count). The lowest BCUT2D eigenvalue weighted by Gasteiger charge is -2.22. The topological polar surface area (TPSA) is 102 Å². The molecule has 0 aliphatic heterocycles. The van der Waals surface area contributed by atoms with Crippen LogP contribution in [0.5, 0.6) is 5.75 Å². The summed E-state index contributed by atoms with van der Waals surface area (Å²) in [6, 6.07) is 6.67. The van der Waals surface area contributed by atoms with E-state index in [9.17, 15) is 13.2 Å². The van der Waals surface area contributed by atoms with Crippen LogP contribution in [0, 0.1) is 20.8 Å². The first-order valence-corrected chi connectivity index (χ1v) is 10.00. The molecule has 9 heteroatoms. The van der Waals surface area contributed by atoms with E-state index < -0.39 is 16.1 Å². The van der Waals surface area contributed by atoms with Crippen LogP contribution in [0.15, 0.2) is 33.7 Å². The van der Waals surface area contributed by atoms with E-state index >= 15 is 0 Å². The van der Waals surface area contributed by atoms with Crippen LogP contribution in [0.4, 0.5) is 0 Å². The third-order valence-electron chi connectivity index (χ3n) is 4.00. The number of carbonyl (C=O) groups is 1. The van der Waals surface area contributed by atoms with Crippen molar-refractivity contribution in [3.8, 4) is 5.75 Å². The van der Waals surface area contributed by atoms with Gasteiger partial charge >= 0.3 is 0 Å². The van der Waals surface area contributed by atoms with Crippen molar-refractivity contribution in [2.24, 2.45) is 0 Å². The number of nitrogens with one attached hydrogen (secondary N) is 1. The summed E-state index contributed by atoms with van der Waals surface area (Å²) in [6.45, 7) is 7.13. The van der Waals surface area contributed by atoms with Crippen molar-refractivity contribution in [1.29, 1.82) is 0 Å². The zero-order valence-electron chi connectivity index (χ0n) is 16.1. The maximum Gasteiger partial charge on any atom is 0.246 e. The number of hydrogen-bond donors (Lipinski definition) is 1. The maximum atomic E-state index is 12.5. The fourth-order valence-corrected chi connectivity index (χ4v) is 4.17. The standard InChI is InChI=1S/C18H25N3O5S/c1-12-7-6-8-16(11-12)25-10-9-21(5)18(22)14(3)20-27(23,24)17-13(2)19-26-15(17)4/h6-8,11,14,20H,9-10H2,1-5H3/t14-/m0/s1. The zero-order chi connectivity index (χ0) is 20.2. The molecule has 27 heavy (non-hydrogen) atoms. The van der Waals surface area contributed by atoms with E-state index in [2.05, 4.69) is 9.88 Å². The summed E-state index contributed by atoms with van der Waals surface area (Å²) in [7, 11) is -2.31. The van der Waals surface area contributed by atoms with Gasteiger partial charge in [-0.05, 0) is 45.4 Å². The van der Waals surface area contributed by atoms with Crippen molar-refractivity contribution in [3.63, 3.8) is 0 Å². The van der Waals surface area contributed by atoms with Crippen LogP contribution >= 0.6 is 0 Å². The van der Waals surface area contributed by atoms with Gasteiger partial charge < -0.3 is 14.2 Å². The number of ether oxygens (including phenoxy) is 1. The monoisotopic (exact) mass is 395 g/mol. The highest BCUT2D eigenvalue weighted by Gasteiger charge is 2.29. The molecular formula is C18H25N3O5S. The van der Waals surface area contributed by atoms with Crippen molar-refractivity contribution in [1.82, 2.24) is 14.8 Å². The number of hydrogen-bond acceptors (Lipinski definition) is 6. The first-order valence-electron chi connectivity index (χ1n) is 8.51. The van der Waals surface area contributed by atoms with E-state index in [1.54, 1.807) is 7.05 Å². The summed E-state index contributed by atoms with van der Waals surface area (Å²) < 4.78 is 37.9. The van der Waals surface area contributed by atoms with Crippen molar-refractivity contribution in [3.05, 3.63) is 41.3 Å². The summed E-state index contributed by atoms with van der Waals surface area (Å²) in [4.78, 5) is 13.9. The van der Waals surface area contributed by atoms with E-state index in [-0.39, 0.29) is 22.3 Å². The minimum atomic E-state index is -3.91. The van der Waals surface area contributed by atoms with Gasteiger partial charge in [0.25, 0.3) is 0 Å². The van der Waals surface area contributed by atoms with Crippen molar-refractivity contribution < 1.29 is 22.5 Å². The Morgan fingerprint density at radius 3 is 2.63 bits per heavy atom. The number of rotatable bonds is 8. The molecule has 1 N–H and O–H groups in total. The van der Waals surface area contributed by atoms with Crippen LogP contribution in [0.2, 0.25) is 0 Å². The Hall–Kier alpha value is -2.39. The molecule has 1 atom stereocenters. The Balaban J connectivity index is 1.92. The Morgan fingerprint density at radius 1 is 1.33 bits per heavy atom. The molecule has 1 aromatic heterocycles. The molecule has 2 aromatic rings. The molecule has 148 valence electrons. The molecule has 0 aliphatic rings. The largest absolute Gasteiger partial charge is 0.492 e. The van der Waals surface area contributed by atoms with Crippen LogP contribution in [-0.4, -0.2) is 50.6 Å². The third kappa shape index (κ3) is 5.30. The Labute approximate surface area is 159 Å². The second-order valence-corrected chi connectivity index (χ2v) is 8.07. The molecule has 0 radical (unpaired) electrons. The van der Waals surface area contributed by atoms with Crippen LogP contribution < -0.4 is 9.46 Å². The Bertz CT molecular complexity index is 888. The first kappa shape index (κ1) is 20.9. The summed E-state index contributed by atoms with van der Waals surface area (Å²) in [5, 5.41) is 3.64. The molecular weight excluding hydrogens is 370 g/mol. The SMILES string of the molecule is Cc1cccc(OCCN(C)C(=O)[C@H](C)NS(=O)(=O)c2c(C)noc2C)c1. The number of benzene rings is 1. The minimum Gasteiger partial charge on any atom is -0.492 e. The maximum absolute atomic E-state index is 12.5.